The molecule has 0 fully saturated rings. The number of hydrogen-bond donors (Lipinski definition) is 2. The van der Waals surface area contributed by atoms with E-state index in [1.807, 2.05) is 0 Å². The summed E-state index contributed by atoms with van der Waals surface area (Å²) < 4.78 is 32.5. The van der Waals surface area contributed by atoms with Gasteiger partial charge in [0, 0.05) is 18.2 Å². The van der Waals surface area contributed by atoms with Gasteiger partial charge in [-0.15, -0.1) is 4.83 Å². The second-order valence-corrected chi connectivity index (χ2v) is 7.70. The normalized spacial score (nSPS) is 11.1. The largest absolute Gasteiger partial charge is 0.508 e. The summed E-state index contributed by atoms with van der Waals surface area (Å²) in [4.78, 5) is 15.3. The van der Waals surface area contributed by atoms with Crippen molar-refractivity contribution in [3.8, 4) is 11.5 Å². The summed E-state index contributed by atoms with van der Waals surface area (Å²) >= 11 is 0. The second kappa shape index (κ2) is 8.72. The van der Waals surface area contributed by atoms with E-state index in [2.05, 4.69) is 4.83 Å². The number of carbonyl (C=O) groups is 1. The second-order valence-electron chi connectivity index (χ2n) is 6.04. The fourth-order valence-electron chi connectivity index (χ4n) is 2.63. The zero-order valence-corrected chi connectivity index (χ0v) is 16.4. The van der Waals surface area contributed by atoms with Crippen molar-refractivity contribution in [2.75, 3.05) is 12.1 Å². The van der Waals surface area contributed by atoms with E-state index >= 15 is 0 Å². The number of methoxy groups -OCH3 is 1. The molecule has 0 unspecified atom stereocenters. The molecular formula is C20H20N3O5S+. The number of amides is 1. The molecule has 150 valence electrons. The van der Waals surface area contributed by atoms with E-state index in [4.69, 9.17) is 4.74 Å². The third kappa shape index (κ3) is 4.89. The number of sulfonamides is 1. The molecular weight excluding hydrogens is 394 g/mol. The highest BCUT2D eigenvalue weighted by molar-refractivity contribution is 7.89. The number of phenolic OH excluding ortho intramolecular Hbond substituents is 1. The van der Waals surface area contributed by atoms with Crippen LogP contribution in [0, 0.1) is 0 Å². The summed E-state index contributed by atoms with van der Waals surface area (Å²) in [7, 11) is -2.69. The average Bonchev–Trinajstić information content (AvgIpc) is 2.73. The minimum Gasteiger partial charge on any atom is -0.508 e. The molecule has 2 N–H and O–H groups in total. The van der Waals surface area contributed by atoms with Crippen LogP contribution in [0.1, 0.15) is 0 Å². The van der Waals surface area contributed by atoms with Crippen molar-refractivity contribution < 1.29 is 27.6 Å². The van der Waals surface area contributed by atoms with Gasteiger partial charge in [-0.1, -0.05) is 24.3 Å². The number of phenols is 1. The van der Waals surface area contributed by atoms with Crippen molar-refractivity contribution in [2.24, 2.45) is 0 Å². The SMILES string of the molecule is COc1ccc(O)cc1N(NS(=O)(=O)c1ccccc1)C(=O)C[n+]1ccccc1. The predicted molar refractivity (Wildman–Crippen MR) is 106 cm³/mol. The minimum absolute atomic E-state index is 0.00992. The van der Waals surface area contributed by atoms with Gasteiger partial charge in [0.25, 0.3) is 10.0 Å². The number of benzene rings is 2. The Hall–Kier alpha value is -3.43. The lowest BCUT2D eigenvalue weighted by Gasteiger charge is -2.24. The van der Waals surface area contributed by atoms with Crippen LogP contribution >= 0.6 is 0 Å². The molecule has 0 aliphatic rings. The van der Waals surface area contributed by atoms with E-state index in [9.17, 15) is 18.3 Å². The van der Waals surface area contributed by atoms with Gasteiger partial charge in [-0.25, -0.2) is 13.4 Å². The first-order chi connectivity index (χ1) is 13.9. The van der Waals surface area contributed by atoms with Crippen LogP contribution in [0.3, 0.4) is 0 Å². The highest BCUT2D eigenvalue weighted by Crippen LogP contribution is 2.31. The number of aromatic hydroxyl groups is 1. The van der Waals surface area contributed by atoms with Gasteiger partial charge < -0.3 is 9.84 Å². The molecule has 2 aromatic carbocycles. The van der Waals surface area contributed by atoms with Crippen molar-refractivity contribution in [1.82, 2.24) is 4.83 Å². The van der Waals surface area contributed by atoms with Crippen LogP contribution in [0.2, 0.25) is 0 Å². The smallest absolute Gasteiger partial charge is 0.308 e. The van der Waals surface area contributed by atoms with Gasteiger partial charge in [0.1, 0.15) is 17.2 Å². The molecule has 0 saturated heterocycles. The Bertz CT molecular complexity index is 1090. The molecule has 0 spiro atoms. The van der Waals surface area contributed by atoms with Crippen LogP contribution in [0.25, 0.3) is 0 Å². The maximum atomic E-state index is 13.0. The van der Waals surface area contributed by atoms with Gasteiger partial charge >= 0.3 is 5.91 Å². The third-order valence-electron chi connectivity index (χ3n) is 4.01. The summed E-state index contributed by atoms with van der Waals surface area (Å²) in [6, 6.07) is 17.0. The van der Waals surface area contributed by atoms with Gasteiger partial charge in [-0.3, -0.25) is 4.79 Å². The van der Waals surface area contributed by atoms with Crippen LogP contribution < -0.4 is 19.1 Å². The first kappa shape index (κ1) is 20.3. The van der Waals surface area contributed by atoms with Gasteiger partial charge in [0.05, 0.1) is 12.0 Å². The van der Waals surface area contributed by atoms with Gasteiger partial charge in [0.15, 0.2) is 12.4 Å². The third-order valence-corrected chi connectivity index (χ3v) is 5.33. The van der Waals surface area contributed by atoms with Crippen LogP contribution in [-0.2, 0) is 21.4 Å². The lowest BCUT2D eigenvalue weighted by atomic mass is 10.2. The van der Waals surface area contributed by atoms with Crippen LogP contribution in [0.4, 0.5) is 5.69 Å². The first-order valence-corrected chi connectivity index (χ1v) is 10.1. The molecule has 9 heteroatoms. The molecule has 1 heterocycles. The maximum absolute atomic E-state index is 13.0. The Morgan fingerprint density at radius 2 is 1.72 bits per heavy atom. The number of anilines is 1. The number of carbonyl (C=O) groups excluding carboxylic acids is 1. The molecule has 0 atom stereocenters. The highest BCUT2D eigenvalue weighted by atomic mass is 32.2. The number of ether oxygens (including phenoxy) is 1. The Labute approximate surface area is 168 Å². The van der Waals surface area contributed by atoms with E-state index in [1.54, 1.807) is 53.4 Å². The highest BCUT2D eigenvalue weighted by Gasteiger charge is 2.28. The molecule has 0 bridgehead atoms. The van der Waals surface area contributed by atoms with Crippen molar-refractivity contribution in [3.63, 3.8) is 0 Å². The Morgan fingerprint density at radius 1 is 1.07 bits per heavy atom. The van der Waals surface area contributed by atoms with E-state index < -0.39 is 15.9 Å². The van der Waals surface area contributed by atoms with Gasteiger partial charge in [-0.2, -0.15) is 4.57 Å². The standard InChI is InChI=1S/C20H19N3O5S/c1-28-19-11-10-16(24)14-18(19)23(20(25)15-22-12-6-3-7-13-22)21-29(26,27)17-8-4-2-5-9-17/h2-14,21H,15H2,1H3/p+1. The van der Waals surface area contributed by atoms with E-state index in [1.165, 1.54) is 37.4 Å². The molecule has 0 saturated carbocycles. The van der Waals surface area contributed by atoms with Gasteiger partial charge in [0.2, 0.25) is 6.54 Å². The number of pyridine rings is 1. The first-order valence-electron chi connectivity index (χ1n) is 8.62. The molecule has 3 aromatic rings. The number of rotatable bonds is 7. The molecule has 0 aliphatic heterocycles. The number of hydrazine groups is 1. The molecule has 3 rings (SSSR count). The van der Waals surface area contributed by atoms with Crippen molar-refractivity contribution in [3.05, 3.63) is 79.1 Å². The maximum Gasteiger partial charge on any atom is 0.308 e. The van der Waals surface area contributed by atoms with Crippen LogP contribution in [0.15, 0.2) is 84.0 Å². The summed E-state index contributed by atoms with van der Waals surface area (Å²) in [6.45, 7) is -0.142. The molecule has 8 nitrogen and oxygen atoms in total. The number of nitrogens with zero attached hydrogens (tertiary/aromatic N) is 2. The Morgan fingerprint density at radius 3 is 2.38 bits per heavy atom. The minimum atomic E-state index is -4.07. The molecule has 0 aliphatic carbocycles. The van der Waals surface area contributed by atoms with Gasteiger partial charge in [-0.05, 0) is 24.3 Å². The lowest BCUT2D eigenvalue weighted by Crippen LogP contribution is -2.52. The summed E-state index contributed by atoms with van der Waals surface area (Å²) in [5.41, 5.74) is 0.0635. The predicted octanol–water partition coefficient (Wildman–Crippen LogP) is 1.61. The quantitative estimate of drug-likeness (QED) is 0.452. The van der Waals surface area contributed by atoms with E-state index in [-0.39, 0.29) is 28.6 Å². The topological polar surface area (TPSA) is 99.8 Å². The number of hydrogen-bond acceptors (Lipinski definition) is 5. The Kier molecular flexibility index (Phi) is 6.10. The Balaban J connectivity index is 2.02. The molecule has 1 amide bonds. The fraction of sp³-hybridized carbons (Fsp3) is 0.100. The summed E-state index contributed by atoms with van der Waals surface area (Å²) in [5, 5.41) is 10.8. The van der Waals surface area contributed by atoms with E-state index in [0.717, 1.165) is 5.01 Å². The number of aromatic nitrogens is 1. The number of nitrogens with one attached hydrogen (secondary N) is 1. The zero-order valence-electron chi connectivity index (χ0n) is 15.6. The average molecular weight is 414 g/mol. The van der Waals surface area contributed by atoms with Crippen LogP contribution in [0.5, 0.6) is 11.5 Å². The lowest BCUT2D eigenvalue weighted by molar-refractivity contribution is -0.684. The fourth-order valence-corrected chi connectivity index (χ4v) is 3.69. The molecule has 29 heavy (non-hydrogen) atoms. The van der Waals surface area contributed by atoms with E-state index in [0.29, 0.717) is 0 Å². The molecule has 1 aromatic heterocycles. The summed E-state index contributed by atoms with van der Waals surface area (Å²) in [6.07, 6.45) is 3.36. The van der Waals surface area contributed by atoms with Crippen LogP contribution in [-0.4, -0.2) is 26.5 Å². The monoisotopic (exact) mass is 414 g/mol. The summed E-state index contributed by atoms with van der Waals surface area (Å²) in [5.74, 6) is -0.514. The van der Waals surface area contributed by atoms with Crippen molar-refractivity contribution in [2.45, 2.75) is 11.4 Å². The van der Waals surface area contributed by atoms with Crippen molar-refractivity contribution in [1.29, 1.82) is 0 Å². The zero-order chi connectivity index (χ0) is 20.9. The molecule has 0 radical (unpaired) electrons. The van der Waals surface area contributed by atoms with Crippen molar-refractivity contribution >= 4 is 21.6 Å².